The van der Waals surface area contributed by atoms with E-state index in [-0.39, 0.29) is 17.9 Å². The number of carbonyl (C=O) groups is 2. The Morgan fingerprint density at radius 1 is 1.06 bits per heavy atom. The molecule has 2 fully saturated rings. The number of benzene rings is 2. The fourth-order valence-electron chi connectivity index (χ4n) is 3.82. The van der Waals surface area contributed by atoms with Crippen molar-refractivity contribution in [1.29, 1.82) is 0 Å². The van der Waals surface area contributed by atoms with Gasteiger partial charge in [0.05, 0.1) is 17.4 Å². The molecule has 2 amide bonds. The van der Waals surface area contributed by atoms with Crippen LogP contribution in [-0.4, -0.2) is 74.2 Å². The molecular formula is C24H29N3O4. The molecule has 0 spiro atoms. The fraction of sp³-hybridized carbons (Fsp3) is 0.417. The van der Waals surface area contributed by atoms with Crippen molar-refractivity contribution in [3.8, 4) is 5.75 Å². The molecule has 7 nitrogen and oxygen atoms in total. The number of hydrogen-bond acceptors (Lipinski definition) is 5. The summed E-state index contributed by atoms with van der Waals surface area (Å²) in [6, 6.07) is 14.2. The van der Waals surface area contributed by atoms with Gasteiger partial charge >= 0.3 is 0 Å². The largest absolute Gasteiger partial charge is 0.491 e. The summed E-state index contributed by atoms with van der Waals surface area (Å²) in [6.07, 6.45) is 2.25. The van der Waals surface area contributed by atoms with E-state index in [1.165, 1.54) is 0 Å². The molecule has 4 rings (SSSR count). The highest BCUT2D eigenvalue weighted by Crippen LogP contribution is 2.21. The number of piperazine rings is 1. The molecule has 1 N–H and O–H groups in total. The summed E-state index contributed by atoms with van der Waals surface area (Å²) >= 11 is 0. The van der Waals surface area contributed by atoms with Gasteiger partial charge in [-0.2, -0.15) is 0 Å². The lowest BCUT2D eigenvalue weighted by Crippen LogP contribution is -2.47. The Hall–Kier alpha value is -2.90. The van der Waals surface area contributed by atoms with E-state index in [9.17, 15) is 9.59 Å². The number of ether oxygens (including phenoxy) is 2. The molecular weight excluding hydrogens is 394 g/mol. The van der Waals surface area contributed by atoms with Gasteiger partial charge < -0.3 is 24.6 Å². The van der Waals surface area contributed by atoms with Gasteiger partial charge in [0, 0.05) is 38.3 Å². The number of carbonyl (C=O) groups excluding carboxylic acids is 2. The summed E-state index contributed by atoms with van der Waals surface area (Å²) in [5.74, 6) is 0.392. The number of nitrogens with zero attached hydrogens (tertiary/aromatic N) is 2. The number of para-hydroxylation sites is 1. The van der Waals surface area contributed by atoms with E-state index in [1.807, 2.05) is 17.0 Å². The molecule has 0 bridgehead atoms. The van der Waals surface area contributed by atoms with Crippen LogP contribution in [0.4, 0.5) is 5.69 Å². The zero-order valence-corrected chi connectivity index (χ0v) is 17.9. The van der Waals surface area contributed by atoms with E-state index in [4.69, 9.17) is 9.47 Å². The summed E-state index contributed by atoms with van der Waals surface area (Å²) in [7, 11) is 2.05. The van der Waals surface area contributed by atoms with Gasteiger partial charge in [0.15, 0.2) is 0 Å². The molecule has 2 aromatic carbocycles. The van der Waals surface area contributed by atoms with E-state index in [0.29, 0.717) is 42.3 Å². The van der Waals surface area contributed by atoms with Crippen molar-refractivity contribution in [3.05, 3.63) is 59.7 Å². The number of likely N-dealkylation sites (N-methyl/N-ethyl adjacent to an activating group) is 1. The minimum Gasteiger partial charge on any atom is -0.491 e. The number of nitrogens with one attached hydrogen (secondary N) is 1. The van der Waals surface area contributed by atoms with Gasteiger partial charge in [-0.15, -0.1) is 0 Å². The molecule has 2 aliphatic rings. The van der Waals surface area contributed by atoms with Crippen molar-refractivity contribution in [2.24, 2.45) is 0 Å². The van der Waals surface area contributed by atoms with Crippen molar-refractivity contribution in [1.82, 2.24) is 9.80 Å². The van der Waals surface area contributed by atoms with E-state index in [1.54, 1.807) is 36.4 Å². The third-order valence-electron chi connectivity index (χ3n) is 5.77. The molecule has 2 aliphatic heterocycles. The van der Waals surface area contributed by atoms with Gasteiger partial charge in [-0.3, -0.25) is 9.59 Å². The fourth-order valence-corrected chi connectivity index (χ4v) is 3.82. The molecule has 0 aromatic heterocycles. The Labute approximate surface area is 182 Å². The van der Waals surface area contributed by atoms with Crippen LogP contribution < -0.4 is 10.1 Å². The second-order valence-electron chi connectivity index (χ2n) is 8.07. The summed E-state index contributed by atoms with van der Waals surface area (Å²) in [5.41, 5.74) is 1.54. The second-order valence-corrected chi connectivity index (χ2v) is 8.07. The van der Waals surface area contributed by atoms with Gasteiger partial charge in [0.2, 0.25) is 0 Å². The normalized spacial score (nSPS) is 19.3. The zero-order valence-electron chi connectivity index (χ0n) is 17.9. The number of rotatable bonds is 6. The molecule has 2 saturated heterocycles. The minimum absolute atomic E-state index is 0.0538. The van der Waals surface area contributed by atoms with E-state index in [2.05, 4.69) is 17.3 Å². The van der Waals surface area contributed by atoms with Crippen LogP contribution in [0.15, 0.2) is 48.5 Å². The van der Waals surface area contributed by atoms with Crippen LogP contribution in [0.25, 0.3) is 0 Å². The number of hydrogen-bond donors (Lipinski definition) is 1. The summed E-state index contributed by atoms with van der Waals surface area (Å²) < 4.78 is 11.3. The predicted molar refractivity (Wildman–Crippen MR) is 119 cm³/mol. The first-order chi connectivity index (χ1) is 15.1. The lowest BCUT2D eigenvalue weighted by Gasteiger charge is -2.32. The van der Waals surface area contributed by atoms with Crippen molar-refractivity contribution in [2.45, 2.75) is 18.9 Å². The predicted octanol–water partition coefficient (Wildman–Crippen LogP) is 2.88. The number of amides is 2. The maximum Gasteiger partial charge on any atom is 0.256 e. The third-order valence-corrected chi connectivity index (χ3v) is 5.77. The van der Waals surface area contributed by atoms with Crippen LogP contribution >= 0.6 is 0 Å². The third kappa shape index (κ3) is 5.42. The Bertz CT molecular complexity index is 901. The average Bonchev–Trinajstić information content (AvgIpc) is 3.32. The smallest absolute Gasteiger partial charge is 0.256 e. The number of anilines is 1. The van der Waals surface area contributed by atoms with Crippen LogP contribution in [0.3, 0.4) is 0 Å². The highest BCUT2D eigenvalue weighted by atomic mass is 16.5. The van der Waals surface area contributed by atoms with Gasteiger partial charge in [0.25, 0.3) is 11.8 Å². The topological polar surface area (TPSA) is 71.1 Å². The van der Waals surface area contributed by atoms with E-state index < -0.39 is 0 Å². The van der Waals surface area contributed by atoms with Gasteiger partial charge in [-0.05, 0) is 56.3 Å². The van der Waals surface area contributed by atoms with Crippen molar-refractivity contribution in [2.75, 3.05) is 51.8 Å². The first kappa shape index (κ1) is 21.3. The Morgan fingerprint density at radius 3 is 2.52 bits per heavy atom. The summed E-state index contributed by atoms with van der Waals surface area (Å²) in [6.45, 7) is 4.39. The molecule has 0 saturated carbocycles. The molecule has 7 heteroatoms. The van der Waals surface area contributed by atoms with Crippen LogP contribution in [0.2, 0.25) is 0 Å². The lowest BCUT2D eigenvalue weighted by molar-refractivity contribution is 0.0665. The highest BCUT2D eigenvalue weighted by Gasteiger charge is 2.23. The molecule has 0 aliphatic carbocycles. The van der Waals surface area contributed by atoms with Crippen molar-refractivity contribution < 1.29 is 19.1 Å². The second kappa shape index (κ2) is 9.94. The first-order valence-electron chi connectivity index (χ1n) is 10.8. The van der Waals surface area contributed by atoms with Crippen molar-refractivity contribution in [3.63, 3.8) is 0 Å². The van der Waals surface area contributed by atoms with Crippen LogP contribution in [0, 0.1) is 0 Å². The Morgan fingerprint density at radius 2 is 1.81 bits per heavy atom. The summed E-state index contributed by atoms with van der Waals surface area (Å²) in [4.78, 5) is 29.8. The van der Waals surface area contributed by atoms with Crippen LogP contribution in [-0.2, 0) is 4.74 Å². The Balaban J connectivity index is 1.38. The van der Waals surface area contributed by atoms with Gasteiger partial charge in [-0.25, -0.2) is 0 Å². The molecule has 0 radical (unpaired) electrons. The van der Waals surface area contributed by atoms with Crippen LogP contribution in [0.1, 0.15) is 33.6 Å². The standard InChI is InChI=1S/C24H29N3O4/c1-26-12-14-27(15-13-26)24(29)21-6-2-3-7-22(21)25-23(28)18-8-10-19(11-9-18)31-17-20-5-4-16-30-20/h2-3,6-11,20H,4-5,12-17H2,1H3,(H,25,28)/t20-/m1/s1. The van der Waals surface area contributed by atoms with Crippen molar-refractivity contribution >= 4 is 17.5 Å². The molecule has 164 valence electrons. The van der Waals surface area contributed by atoms with Crippen LogP contribution in [0.5, 0.6) is 5.75 Å². The molecule has 31 heavy (non-hydrogen) atoms. The van der Waals surface area contributed by atoms with Gasteiger partial charge in [-0.1, -0.05) is 12.1 Å². The highest BCUT2D eigenvalue weighted by molar-refractivity contribution is 6.09. The first-order valence-corrected chi connectivity index (χ1v) is 10.8. The molecule has 2 heterocycles. The van der Waals surface area contributed by atoms with E-state index >= 15 is 0 Å². The zero-order chi connectivity index (χ0) is 21.6. The maximum atomic E-state index is 13.0. The SMILES string of the molecule is CN1CCN(C(=O)c2ccccc2NC(=O)c2ccc(OC[C@H]3CCCO3)cc2)CC1. The summed E-state index contributed by atoms with van der Waals surface area (Å²) in [5, 5.41) is 2.89. The molecule has 1 atom stereocenters. The minimum atomic E-state index is -0.260. The maximum absolute atomic E-state index is 13.0. The lowest BCUT2D eigenvalue weighted by atomic mass is 10.1. The van der Waals surface area contributed by atoms with E-state index in [0.717, 1.165) is 32.5 Å². The molecule has 2 aromatic rings. The Kier molecular flexibility index (Phi) is 6.84. The monoisotopic (exact) mass is 423 g/mol. The van der Waals surface area contributed by atoms with Gasteiger partial charge in [0.1, 0.15) is 12.4 Å². The quantitative estimate of drug-likeness (QED) is 0.774. The molecule has 0 unspecified atom stereocenters. The average molecular weight is 424 g/mol.